The van der Waals surface area contributed by atoms with Crippen LogP contribution in [0.5, 0.6) is 0 Å². The minimum Gasteiger partial charge on any atom is -0.296 e. The monoisotopic (exact) mass is 221 g/mol. The molecule has 4 nitrogen and oxygen atoms in total. The van der Waals surface area contributed by atoms with Gasteiger partial charge in [-0.2, -0.15) is 15.0 Å². The number of aryl methyl sites for hydroxylation is 1. The zero-order valence-electron chi connectivity index (χ0n) is 8.01. The second kappa shape index (κ2) is 3.82. The first-order valence-corrected chi connectivity index (χ1v) is 4.71. The van der Waals surface area contributed by atoms with Gasteiger partial charge in [0.25, 0.3) is 0 Å². The molecule has 0 fully saturated rings. The van der Waals surface area contributed by atoms with Crippen molar-refractivity contribution in [2.45, 2.75) is 0 Å². The van der Waals surface area contributed by atoms with Crippen molar-refractivity contribution in [1.82, 2.24) is 15.0 Å². The van der Waals surface area contributed by atoms with E-state index in [9.17, 15) is 4.79 Å². The van der Waals surface area contributed by atoms with Gasteiger partial charge in [-0.1, -0.05) is 23.7 Å². The third-order valence-corrected chi connectivity index (χ3v) is 2.22. The number of carbonyl (C=O) groups is 1. The molecular formula is C10H8ClN3O. The molecule has 5 heteroatoms. The highest BCUT2D eigenvalue weighted by Gasteiger charge is 2.10. The summed E-state index contributed by atoms with van der Waals surface area (Å²) in [6.45, 7) is 0. The molecule has 0 amide bonds. The first-order chi connectivity index (χ1) is 7.20. The van der Waals surface area contributed by atoms with Crippen molar-refractivity contribution in [3.05, 3.63) is 35.0 Å². The third kappa shape index (κ3) is 1.89. The predicted molar refractivity (Wildman–Crippen MR) is 56.8 cm³/mol. The largest absolute Gasteiger partial charge is 0.296 e. The zero-order valence-corrected chi connectivity index (χ0v) is 8.77. The molecule has 0 N–H and O–H groups in total. The van der Waals surface area contributed by atoms with E-state index in [2.05, 4.69) is 10.2 Å². The smallest absolute Gasteiger partial charge is 0.172 e. The Hall–Kier alpha value is -1.68. The fourth-order valence-electron chi connectivity index (χ4n) is 1.31. The van der Waals surface area contributed by atoms with Gasteiger partial charge in [-0.25, -0.2) is 0 Å². The lowest BCUT2D eigenvalue weighted by molar-refractivity contribution is 0.111. The van der Waals surface area contributed by atoms with E-state index in [1.807, 2.05) is 0 Å². The number of nitrogens with zero attached hydrogens (tertiary/aromatic N) is 3. The van der Waals surface area contributed by atoms with Crippen LogP contribution in [0.25, 0.3) is 11.3 Å². The van der Waals surface area contributed by atoms with Gasteiger partial charge in [0.05, 0.1) is 0 Å². The van der Waals surface area contributed by atoms with Gasteiger partial charge in [-0.05, 0) is 12.1 Å². The summed E-state index contributed by atoms with van der Waals surface area (Å²) in [7, 11) is 1.67. The minimum absolute atomic E-state index is 0.333. The Kier molecular flexibility index (Phi) is 2.51. The molecule has 0 aliphatic rings. The molecule has 1 heterocycles. The van der Waals surface area contributed by atoms with E-state index >= 15 is 0 Å². The van der Waals surface area contributed by atoms with Gasteiger partial charge in [0, 0.05) is 17.6 Å². The fraction of sp³-hybridized carbons (Fsp3) is 0.100. The standard InChI is InChI=1S/C10H8ClN3O/c1-14-12-9(6-15)10(13-14)7-2-4-8(11)5-3-7/h2-6H,1H3. The van der Waals surface area contributed by atoms with E-state index in [1.54, 1.807) is 31.3 Å². The number of halogens is 1. The SMILES string of the molecule is Cn1nc(C=O)c(-c2ccc(Cl)cc2)n1. The highest BCUT2D eigenvalue weighted by molar-refractivity contribution is 6.30. The maximum absolute atomic E-state index is 10.7. The molecule has 0 radical (unpaired) electrons. The average Bonchev–Trinajstić information content (AvgIpc) is 2.61. The summed E-state index contributed by atoms with van der Waals surface area (Å²) >= 11 is 5.77. The van der Waals surface area contributed by atoms with Crippen LogP contribution in [-0.2, 0) is 7.05 Å². The summed E-state index contributed by atoms with van der Waals surface area (Å²) in [5.41, 5.74) is 1.73. The number of aromatic nitrogens is 3. The molecule has 0 aliphatic heterocycles. The van der Waals surface area contributed by atoms with Crippen molar-refractivity contribution in [2.24, 2.45) is 7.05 Å². The van der Waals surface area contributed by atoms with Crippen molar-refractivity contribution >= 4 is 17.9 Å². The maximum Gasteiger partial charge on any atom is 0.172 e. The molecule has 1 aromatic heterocycles. The van der Waals surface area contributed by atoms with Crippen LogP contribution in [0.1, 0.15) is 10.5 Å². The number of carbonyl (C=O) groups excluding carboxylic acids is 1. The second-order valence-electron chi connectivity index (χ2n) is 3.05. The minimum atomic E-state index is 0.333. The summed E-state index contributed by atoms with van der Waals surface area (Å²) in [5, 5.41) is 8.69. The molecule has 76 valence electrons. The van der Waals surface area contributed by atoms with E-state index < -0.39 is 0 Å². The Bertz CT molecular complexity index is 490. The lowest BCUT2D eigenvalue weighted by Gasteiger charge is -1.96. The zero-order chi connectivity index (χ0) is 10.8. The van der Waals surface area contributed by atoms with Crippen LogP contribution in [-0.4, -0.2) is 21.3 Å². The number of hydrogen-bond acceptors (Lipinski definition) is 3. The van der Waals surface area contributed by atoms with Gasteiger partial charge < -0.3 is 0 Å². The molecular weight excluding hydrogens is 214 g/mol. The molecule has 1 aromatic carbocycles. The second-order valence-corrected chi connectivity index (χ2v) is 3.48. The number of benzene rings is 1. The van der Waals surface area contributed by atoms with Crippen LogP contribution < -0.4 is 0 Å². The summed E-state index contributed by atoms with van der Waals surface area (Å²) in [6, 6.07) is 7.11. The Morgan fingerprint density at radius 3 is 2.53 bits per heavy atom. The molecule has 0 saturated heterocycles. The quantitative estimate of drug-likeness (QED) is 0.729. The van der Waals surface area contributed by atoms with E-state index in [4.69, 9.17) is 11.6 Å². The Morgan fingerprint density at radius 1 is 1.27 bits per heavy atom. The van der Waals surface area contributed by atoms with Crippen LogP contribution in [0.2, 0.25) is 5.02 Å². The topological polar surface area (TPSA) is 47.8 Å². The first kappa shape index (κ1) is 9.86. The molecule has 0 bridgehead atoms. The van der Waals surface area contributed by atoms with Crippen molar-refractivity contribution in [3.63, 3.8) is 0 Å². The normalized spacial score (nSPS) is 10.3. The average molecular weight is 222 g/mol. The summed E-state index contributed by atoms with van der Waals surface area (Å²) in [6.07, 6.45) is 0.691. The summed E-state index contributed by atoms with van der Waals surface area (Å²) < 4.78 is 0. The lowest BCUT2D eigenvalue weighted by Crippen LogP contribution is -1.92. The van der Waals surface area contributed by atoms with Gasteiger partial charge in [0.2, 0.25) is 0 Å². The fourth-order valence-corrected chi connectivity index (χ4v) is 1.44. The highest BCUT2D eigenvalue weighted by Crippen LogP contribution is 2.21. The van der Waals surface area contributed by atoms with Gasteiger partial charge in [0.1, 0.15) is 5.69 Å². The van der Waals surface area contributed by atoms with E-state index in [-0.39, 0.29) is 0 Å². The molecule has 0 spiro atoms. The van der Waals surface area contributed by atoms with Crippen LogP contribution >= 0.6 is 11.6 Å². The lowest BCUT2D eigenvalue weighted by atomic mass is 10.1. The molecule has 15 heavy (non-hydrogen) atoms. The molecule has 0 unspecified atom stereocenters. The molecule has 0 aliphatic carbocycles. The van der Waals surface area contributed by atoms with Crippen LogP contribution in [0.3, 0.4) is 0 Å². The summed E-state index contributed by atoms with van der Waals surface area (Å²) in [5.74, 6) is 0. The van der Waals surface area contributed by atoms with Crippen molar-refractivity contribution in [2.75, 3.05) is 0 Å². The van der Waals surface area contributed by atoms with E-state index in [0.29, 0.717) is 22.7 Å². The Balaban J connectivity index is 2.52. The van der Waals surface area contributed by atoms with Crippen molar-refractivity contribution < 1.29 is 4.79 Å². The molecule has 2 aromatic rings. The first-order valence-electron chi connectivity index (χ1n) is 4.33. The van der Waals surface area contributed by atoms with Crippen molar-refractivity contribution in [1.29, 1.82) is 0 Å². The van der Waals surface area contributed by atoms with Crippen LogP contribution in [0.15, 0.2) is 24.3 Å². The van der Waals surface area contributed by atoms with Crippen LogP contribution in [0.4, 0.5) is 0 Å². The predicted octanol–water partition coefficient (Wildman–Crippen LogP) is 1.95. The Labute approximate surface area is 91.5 Å². The van der Waals surface area contributed by atoms with E-state index in [0.717, 1.165) is 5.56 Å². The van der Waals surface area contributed by atoms with Gasteiger partial charge >= 0.3 is 0 Å². The molecule has 0 atom stereocenters. The third-order valence-electron chi connectivity index (χ3n) is 1.97. The van der Waals surface area contributed by atoms with Gasteiger partial charge in [0.15, 0.2) is 12.0 Å². The maximum atomic E-state index is 10.7. The van der Waals surface area contributed by atoms with Crippen molar-refractivity contribution in [3.8, 4) is 11.3 Å². The number of hydrogen-bond donors (Lipinski definition) is 0. The Morgan fingerprint density at radius 2 is 1.93 bits per heavy atom. The van der Waals surface area contributed by atoms with Gasteiger partial charge in [-0.3, -0.25) is 4.79 Å². The molecule has 0 saturated carbocycles. The van der Waals surface area contributed by atoms with Gasteiger partial charge in [-0.15, -0.1) is 0 Å². The highest BCUT2D eigenvalue weighted by atomic mass is 35.5. The number of rotatable bonds is 2. The van der Waals surface area contributed by atoms with Crippen LogP contribution in [0, 0.1) is 0 Å². The number of aldehydes is 1. The van der Waals surface area contributed by atoms with E-state index in [1.165, 1.54) is 4.80 Å². The molecule has 2 rings (SSSR count). The summed E-state index contributed by atoms with van der Waals surface area (Å²) in [4.78, 5) is 12.1.